The minimum absolute atomic E-state index is 0.0468. The number of hydrogen-bond donors (Lipinski definition) is 1. The number of fused-ring (bicyclic) bond motifs is 1. The Bertz CT molecular complexity index is 1730. The number of anilines is 2. The predicted octanol–water partition coefficient (Wildman–Crippen LogP) is 5.72. The number of nitrogens with one attached hydrogen (secondary N) is 1. The van der Waals surface area contributed by atoms with Gasteiger partial charge in [0.05, 0.1) is 30.3 Å². The number of carbonyl (C=O) groups excluding carboxylic acids is 2. The minimum atomic E-state index is -3.09. The average molecular weight is 637 g/mol. The van der Waals surface area contributed by atoms with Crippen LogP contribution in [-0.4, -0.2) is 81.1 Å². The molecule has 4 heterocycles. The molecule has 0 spiro atoms. The minimum Gasteiger partial charge on any atom is -0.434 e. The highest BCUT2D eigenvalue weighted by molar-refractivity contribution is 6.31. The molecule has 0 atom stereocenters. The number of carbonyl (C=O) groups is 2. The van der Waals surface area contributed by atoms with Crippen molar-refractivity contribution in [1.29, 1.82) is 0 Å². The van der Waals surface area contributed by atoms with E-state index >= 15 is 0 Å². The number of allylic oxidation sites excluding steroid dienone is 1. The van der Waals surface area contributed by atoms with Gasteiger partial charge in [-0.2, -0.15) is 19.0 Å². The molecule has 2 aromatic heterocycles. The van der Waals surface area contributed by atoms with E-state index in [1.165, 1.54) is 27.8 Å². The molecule has 0 radical (unpaired) electrons. The fraction of sp³-hybridized carbons (Fsp3) is 0.290. The Labute approximate surface area is 263 Å². The van der Waals surface area contributed by atoms with Crippen molar-refractivity contribution in [3.63, 3.8) is 0 Å². The molecule has 2 aliphatic heterocycles. The summed E-state index contributed by atoms with van der Waals surface area (Å²) in [4.78, 5) is 32.1. The molecule has 0 saturated carbocycles. The van der Waals surface area contributed by atoms with Gasteiger partial charge in [0.15, 0.2) is 0 Å². The van der Waals surface area contributed by atoms with Crippen LogP contribution in [0.25, 0.3) is 16.9 Å². The van der Waals surface area contributed by atoms with Crippen molar-refractivity contribution in [2.75, 3.05) is 37.4 Å². The first kappa shape index (κ1) is 30.3. The van der Waals surface area contributed by atoms with Gasteiger partial charge in [0.1, 0.15) is 17.3 Å². The topological polar surface area (TPSA) is 101 Å². The molecule has 11 nitrogen and oxygen atoms in total. The second-order valence-electron chi connectivity index (χ2n) is 10.9. The smallest absolute Gasteiger partial charge is 0.387 e. The monoisotopic (exact) mass is 636 g/mol. The van der Waals surface area contributed by atoms with Crippen LogP contribution in [0.2, 0.25) is 5.02 Å². The number of aromatic nitrogens is 4. The van der Waals surface area contributed by atoms with Gasteiger partial charge in [0.2, 0.25) is 0 Å². The predicted molar refractivity (Wildman–Crippen MR) is 166 cm³/mol. The van der Waals surface area contributed by atoms with Crippen molar-refractivity contribution < 1.29 is 23.1 Å². The lowest BCUT2D eigenvalue weighted by Crippen LogP contribution is -2.44. The zero-order valence-corrected chi connectivity index (χ0v) is 25.4. The Balaban J connectivity index is 1.31. The number of hydrogen-bond acceptors (Lipinski definition) is 6. The summed E-state index contributed by atoms with van der Waals surface area (Å²) in [5.74, 6) is 0.346. The highest BCUT2D eigenvalue weighted by atomic mass is 35.5. The van der Waals surface area contributed by atoms with Gasteiger partial charge < -0.3 is 19.9 Å². The van der Waals surface area contributed by atoms with E-state index in [2.05, 4.69) is 34.5 Å². The number of amides is 3. The molecule has 234 valence electrons. The fourth-order valence-electron chi connectivity index (χ4n) is 5.55. The number of urea groups is 1. The van der Waals surface area contributed by atoms with Crippen molar-refractivity contribution in [1.82, 2.24) is 29.4 Å². The molecule has 4 aromatic rings. The number of nitrogens with zero attached hydrogens (tertiary/aromatic N) is 7. The molecule has 2 aliphatic rings. The second kappa shape index (κ2) is 12.7. The number of piperidine rings is 1. The first-order chi connectivity index (χ1) is 21.7. The Hall–Kier alpha value is -4.75. The van der Waals surface area contributed by atoms with Crippen molar-refractivity contribution in [2.24, 2.45) is 0 Å². The summed E-state index contributed by atoms with van der Waals surface area (Å²) in [5, 5.41) is 12.0. The summed E-state index contributed by atoms with van der Waals surface area (Å²) >= 11 is 6.25. The van der Waals surface area contributed by atoms with Crippen LogP contribution >= 0.6 is 11.6 Å². The SMILES string of the molecule is CN(C)C1CCN(C(=O)c2ccc(-n3cc(NC(=O)N4C=CCn5nccc54)c(-c4cc(Cl)ccc4OC(F)F)n3)cc2)CC1. The molecular formula is C31H31ClF2N8O3. The summed E-state index contributed by atoms with van der Waals surface area (Å²) in [7, 11) is 4.11. The molecule has 6 rings (SSSR count). The van der Waals surface area contributed by atoms with Crippen LogP contribution in [-0.2, 0) is 6.54 Å². The largest absolute Gasteiger partial charge is 0.434 e. The van der Waals surface area contributed by atoms with Crippen LogP contribution in [0, 0.1) is 0 Å². The van der Waals surface area contributed by atoms with Crippen LogP contribution in [0.3, 0.4) is 0 Å². The second-order valence-corrected chi connectivity index (χ2v) is 11.4. The summed E-state index contributed by atoms with van der Waals surface area (Å²) < 4.78 is 34.6. The molecule has 1 fully saturated rings. The van der Waals surface area contributed by atoms with Gasteiger partial charge in [-0.1, -0.05) is 11.6 Å². The molecule has 0 aliphatic carbocycles. The van der Waals surface area contributed by atoms with Crippen LogP contribution in [0.1, 0.15) is 23.2 Å². The lowest BCUT2D eigenvalue weighted by molar-refractivity contribution is -0.0494. The quantitative estimate of drug-likeness (QED) is 0.278. The maximum Gasteiger partial charge on any atom is 0.387 e. The molecule has 0 unspecified atom stereocenters. The van der Waals surface area contributed by atoms with E-state index in [9.17, 15) is 18.4 Å². The van der Waals surface area contributed by atoms with Crippen molar-refractivity contribution in [3.05, 3.63) is 83.8 Å². The number of benzene rings is 2. The third-order valence-corrected chi connectivity index (χ3v) is 8.16. The Kier molecular flexibility index (Phi) is 8.55. The van der Waals surface area contributed by atoms with Gasteiger partial charge in [-0.15, -0.1) is 0 Å². The highest BCUT2D eigenvalue weighted by Gasteiger charge is 2.26. The van der Waals surface area contributed by atoms with Gasteiger partial charge in [-0.3, -0.25) is 9.69 Å². The van der Waals surface area contributed by atoms with Crippen LogP contribution in [0.4, 0.5) is 25.1 Å². The lowest BCUT2D eigenvalue weighted by atomic mass is 10.0. The summed E-state index contributed by atoms with van der Waals surface area (Å²) in [6, 6.07) is 12.7. The number of ether oxygens (including phenoxy) is 1. The average Bonchev–Trinajstić information content (AvgIpc) is 3.69. The van der Waals surface area contributed by atoms with Gasteiger partial charge in [0, 0.05) is 47.5 Å². The van der Waals surface area contributed by atoms with Crippen molar-refractivity contribution in [2.45, 2.75) is 32.0 Å². The van der Waals surface area contributed by atoms with Crippen molar-refractivity contribution in [3.8, 4) is 22.7 Å². The van der Waals surface area contributed by atoms with Crippen molar-refractivity contribution >= 4 is 35.0 Å². The number of alkyl halides is 2. The zero-order chi connectivity index (χ0) is 31.7. The molecule has 2 aromatic carbocycles. The number of halogens is 3. The maximum absolute atomic E-state index is 13.5. The van der Waals surface area contributed by atoms with E-state index in [1.54, 1.807) is 59.7 Å². The van der Waals surface area contributed by atoms with E-state index in [0.29, 0.717) is 42.7 Å². The van der Waals surface area contributed by atoms with E-state index in [-0.39, 0.29) is 33.6 Å². The van der Waals surface area contributed by atoms with Crippen LogP contribution in [0.15, 0.2) is 73.2 Å². The molecule has 1 N–H and O–H groups in total. The van der Waals surface area contributed by atoms with Gasteiger partial charge in [-0.25, -0.2) is 14.2 Å². The molecule has 0 bridgehead atoms. The van der Waals surface area contributed by atoms with E-state index in [1.807, 2.05) is 4.90 Å². The molecule has 14 heteroatoms. The first-order valence-corrected chi connectivity index (χ1v) is 14.7. The van der Waals surface area contributed by atoms with Gasteiger partial charge in [0.25, 0.3) is 5.91 Å². The zero-order valence-electron chi connectivity index (χ0n) is 24.6. The van der Waals surface area contributed by atoms with Gasteiger partial charge >= 0.3 is 12.6 Å². The third-order valence-electron chi connectivity index (χ3n) is 7.92. The molecule has 1 saturated heterocycles. The van der Waals surface area contributed by atoms with E-state index in [0.717, 1.165) is 12.8 Å². The van der Waals surface area contributed by atoms with Crippen LogP contribution in [0.5, 0.6) is 5.75 Å². The molecule has 3 amide bonds. The Morgan fingerprint density at radius 3 is 2.56 bits per heavy atom. The number of rotatable bonds is 7. The first-order valence-electron chi connectivity index (χ1n) is 14.4. The molecule has 45 heavy (non-hydrogen) atoms. The standard InChI is InChI=1S/C31H31ClF2N8O3/c1-38(2)22-11-16-39(17-12-22)29(43)20-4-7-23(8-5-20)42-19-25(36-31(44)40-14-3-15-41-27(40)10-13-35-41)28(37-42)24-18-21(32)6-9-26(24)45-30(33)34/h3-10,13-14,18-19,22,30H,11-12,15-17H2,1-2H3,(H,36,44). The Morgan fingerprint density at radius 1 is 1.09 bits per heavy atom. The lowest BCUT2D eigenvalue weighted by Gasteiger charge is -2.35. The maximum atomic E-state index is 13.5. The van der Waals surface area contributed by atoms with Gasteiger partial charge in [-0.05, 0) is 75.5 Å². The Morgan fingerprint density at radius 2 is 1.84 bits per heavy atom. The normalized spacial score (nSPS) is 15.1. The fourth-order valence-corrected chi connectivity index (χ4v) is 5.73. The summed E-state index contributed by atoms with van der Waals surface area (Å²) in [5.41, 5.74) is 1.65. The number of likely N-dealkylation sites (tertiary alicyclic amines) is 1. The summed E-state index contributed by atoms with van der Waals surface area (Å²) in [6.07, 6.45) is 8.39. The van der Waals surface area contributed by atoms with Crippen LogP contribution < -0.4 is 15.0 Å². The highest BCUT2D eigenvalue weighted by Crippen LogP contribution is 2.38. The van der Waals surface area contributed by atoms with E-state index < -0.39 is 12.6 Å². The summed E-state index contributed by atoms with van der Waals surface area (Å²) in [6.45, 7) is -1.21. The molecular weight excluding hydrogens is 606 g/mol. The third kappa shape index (κ3) is 6.40. The van der Waals surface area contributed by atoms with E-state index in [4.69, 9.17) is 16.3 Å².